The number of benzene rings is 2. The Hall–Kier alpha value is -2.07. The molecule has 1 aromatic heterocycles. The Bertz CT molecular complexity index is 746. The lowest BCUT2D eigenvalue weighted by Crippen LogP contribution is -2.25. The summed E-state index contributed by atoms with van der Waals surface area (Å²) in [5.74, 6) is 0.794. The third-order valence-electron chi connectivity index (χ3n) is 3.25. The molecule has 1 heterocycles. The van der Waals surface area contributed by atoms with E-state index in [4.69, 9.17) is 4.42 Å². The number of hydrogen-bond acceptors (Lipinski definition) is 2. The normalized spacial score (nSPS) is 10.7. The van der Waals surface area contributed by atoms with Crippen LogP contribution in [-0.2, 0) is 6.42 Å². The molecule has 0 spiro atoms. The van der Waals surface area contributed by atoms with Crippen molar-refractivity contribution in [3.8, 4) is 0 Å². The fourth-order valence-electron chi connectivity index (χ4n) is 2.20. The number of nitrogens with one attached hydrogen (secondary N) is 1. The summed E-state index contributed by atoms with van der Waals surface area (Å²) in [6.45, 7) is 0.542. The van der Waals surface area contributed by atoms with E-state index in [0.717, 1.165) is 21.2 Å². The van der Waals surface area contributed by atoms with Crippen molar-refractivity contribution in [2.45, 2.75) is 6.42 Å². The molecule has 4 heteroatoms. The molecule has 0 aliphatic carbocycles. The van der Waals surface area contributed by atoms with Gasteiger partial charge in [-0.05, 0) is 40.2 Å². The molecule has 0 aliphatic rings. The minimum atomic E-state index is -0.0846. The lowest BCUT2D eigenvalue weighted by Gasteiger charge is -2.05. The minimum absolute atomic E-state index is 0.0846. The van der Waals surface area contributed by atoms with Gasteiger partial charge in [-0.25, -0.2) is 0 Å². The first-order valence-corrected chi connectivity index (χ1v) is 7.53. The van der Waals surface area contributed by atoms with Gasteiger partial charge in [0, 0.05) is 22.8 Å². The predicted molar refractivity (Wildman–Crippen MR) is 86.4 cm³/mol. The Morgan fingerprint density at radius 2 is 1.86 bits per heavy atom. The van der Waals surface area contributed by atoms with Gasteiger partial charge in [-0.1, -0.05) is 30.3 Å². The molecule has 0 fully saturated rings. The van der Waals surface area contributed by atoms with E-state index >= 15 is 0 Å². The highest BCUT2D eigenvalue weighted by Crippen LogP contribution is 2.19. The number of carbonyl (C=O) groups is 1. The van der Waals surface area contributed by atoms with Crippen molar-refractivity contribution < 1.29 is 9.21 Å². The molecule has 2 aromatic carbocycles. The molecule has 0 unspecified atom stereocenters. The summed E-state index contributed by atoms with van der Waals surface area (Å²) in [6, 6.07) is 17.3. The zero-order valence-electron chi connectivity index (χ0n) is 11.3. The molecule has 0 radical (unpaired) electrons. The molecule has 3 rings (SSSR count). The van der Waals surface area contributed by atoms with Crippen LogP contribution in [0, 0.1) is 0 Å². The SMILES string of the molecule is O=C(NCCc1cc2ccccc2o1)c1ccccc1Br. The topological polar surface area (TPSA) is 42.2 Å². The number of halogens is 1. The summed E-state index contributed by atoms with van der Waals surface area (Å²) in [5, 5.41) is 3.99. The highest BCUT2D eigenvalue weighted by molar-refractivity contribution is 9.10. The van der Waals surface area contributed by atoms with Crippen molar-refractivity contribution in [3.05, 3.63) is 70.4 Å². The predicted octanol–water partition coefficient (Wildman–Crippen LogP) is 4.17. The number of hydrogen-bond donors (Lipinski definition) is 1. The maximum Gasteiger partial charge on any atom is 0.252 e. The van der Waals surface area contributed by atoms with Crippen LogP contribution >= 0.6 is 15.9 Å². The molecule has 0 bridgehead atoms. The van der Waals surface area contributed by atoms with Crippen LogP contribution in [0.15, 0.2) is 63.5 Å². The molecular weight excluding hydrogens is 330 g/mol. The van der Waals surface area contributed by atoms with Gasteiger partial charge in [0.15, 0.2) is 0 Å². The highest BCUT2D eigenvalue weighted by Gasteiger charge is 2.09. The fraction of sp³-hybridized carbons (Fsp3) is 0.118. The molecule has 21 heavy (non-hydrogen) atoms. The van der Waals surface area contributed by atoms with E-state index in [0.29, 0.717) is 18.5 Å². The molecule has 0 saturated carbocycles. The Morgan fingerprint density at radius 1 is 1.10 bits per heavy atom. The van der Waals surface area contributed by atoms with E-state index in [1.165, 1.54) is 0 Å². The molecule has 0 saturated heterocycles. The first kappa shape index (κ1) is 13.9. The van der Waals surface area contributed by atoms with Crippen LogP contribution < -0.4 is 5.32 Å². The number of amides is 1. The second-order valence-corrected chi connectivity index (χ2v) is 5.59. The Morgan fingerprint density at radius 3 is 2.67 bits per heavy atom. The van der Waals surface area contributed by atoms with Crippen LogP contribution in [0.25, 0.3) is 11.0 Å². The Balaban J connectivity index is 1.61. The van der Waals surface area contributed by atoms with Gasteiger partial charge in [-0.15, -0.1) is 0 Å². The Kier molecular flexibility index (Phi) is 4.06. The van der Waals surface area contributed by atoms with Crippen molar-refractivity contribution in [1.29, 1.82) is 0 Å². The first-order chi connectivity index (χ1) is 10.2. The number of carbonyl (C=O) groups excluding carboxylic acids is 1. The van der Waals surface area contributed by atoms with Crippen LogP contribution in [0.4, 0.5) is 0 Å². The third kappa shape index (κ3) is 3.16. The average Bonchev–Trinajstić information content (AvgIpc) is 2.90. The lowest BCUT2D eigenvalue weighted by molar-refractivity contribution is 0.0953. The van der Waals surface area contributed by atoms with Crippen LogP contribution in [0.2, 0.25) is 0 Å². The van der Waals surface area contributed by atoms with E-state index in [1.54, 1.807) is 6.07 Å². The van der Waals surface area contributed by atoms with Gasteiger partial charge in [0.2, 0.25) is 0 Å². The maximum absolute atomic E-state index is 12.1. The van der Waals surface area contributed by atoms with Gasteiger partial charge in [-0.3, -0.25) is 4.79 Å². The molecule has 1 amide bonds. The molecular formula is C17H14BrNO2. The van der Waals surface area contributed by atoms with Crippen LogP contribution in [0.5, 0.6) is 0 Å². The number of furan rings is 1. The number of fused-ring (bicyclic) bond motifs is 1. The smallest absolute Gasteiger partial charge is 0.252 e. The molecule has 1 N–H and O–H groups in total. The first-order valence-electron chi connectivity index (χ1n) is 6.74. The standard InChI is InChI=1S/C17H14BrNO2/c18-15-7-3-2-6-14(15)17(20)19-10-9-13-11-12-5-1-4-8-16(12)21-13/h1-8,11H,9-10H2,(H,19,20). The van der Waals surface area contributed by atoms with Crippen molar-refractivity contribution in [2.24, 2.45) is 0 Å². The lowest BCUT2D eigenvalue weighted by atomic mass is 10.2. The molecule has 3 nitrogen and oxygen atoms in total. The van der Waals surface area contributed by atoms with Crippen LogP contribution in [0.1, 0.15) is 16.1 Å². The zero-order valence-corrected chi connectivity index (χ0v) is 12.9. The van der Waals surface area contributed by atoms with Gasteiger partial charge < -0.3 is 9.73 Å². The summed E-state index contributed by atoms with van der Waals surface area (Å²) in [4.78, 5) is 12.1. The van der Waals surface area contributed by atoms with E-state index in [9.17, 15) is 4.79 Å². The molecule has 3 aromatic rings. The maximum atomic E-state index is 12.1. The molecule has 0 atom stereocenters. The molecule has 106 valence electrons. The van der Waals surface area contributed by atoms with Crippen molar-refractivity contribution >= 4 is 32.8 Å². The van der Waals surface area contributed by atoms with Gasteiger partial charge in [0.25, 0.3) is 5.91 Å². The van der Waals surface area contributed by atoms with E-state index in [-0.39, 0.29) is 5.91 Å². The van der Waals surface area contributed by atoms with E-state index in [1.807, 2.05) is 48.5 Å². The summed E-state index contributed by atoms with van der Waals surface area (Å²) in [7, 11) is 0. The minimum Gasteiger partial charge on any atom is -0.461 e. The monoisotopic (exact) mass is 343 g/mol. The number of rotatable bonds is 4. The third-order valence-corrected chi connectivity index (χ3v) is 3.94. The fourth-order valence-corrected chi connectivity index (χ4v) is 2.66. The summed E-state index contributed by atoms with van der Waals surface area (Å²) in [6.07, 6.45) is 0.672. The second-order valence-electron chi connectivity index (χ2n) is 4.74. The van der Waals surface area contributed by atoms with Gasteiger partial charge in [0.1, 0.15) is 11.3 Å². The average molecular weight is 344 g/mol. The van der Waals surface area contributed by atoms with Gasteiger partial charge in [-0.2, -0.15) is 0 Å². The largest absolute Gasteiger partial charge is 0.461 e. The molecule has 0 aliphatic heterocycles. The van der Waals surface area contributed by atoms with Crippen LogP contribution in [-0.4, -0.2) is 12.5 Å². The highest BCUT2D eigenvalue weighted by atomic mass is 79.9. The van der Waals surface area contributed by atoms with Gasteiger partial charge in [0.05, 0.1) is 5.56 Å². The van der Waals surface area contributed by atoms with E-state index in [2.05, 4.69) is 21.2 Å². The van der Waals surface area contributed by atoms with Crippen molar-refractivity contribution in [1.82, 2.24) is 5.32 Å². The second kappa shape index (κ2) is 6.14. The van der Waals surface area contributed by atoms with E-state index < -0.39 is 0 Å². The van der Waals surface area contributed by atoms with Crippen LogP contribution in [0.3, 0.4) is 0 Å². The van der Waals surface area contributed by atoms with Crippen molar-refractivity contribution in [2.75, 3.05) is 6.54 Å². The summed E-state index contributed by atoms with van der Waals surface area (Å²) in [5.41, 5.74) is 1.52. The quantitative estimate of drug-likeness (QED) is 0.772. The zero-order chi connectivity index (χ0) is 14.7. The van der Waals surface area contributed by atoms with Crippen molar-refractivity contribution in [3.63, 3.8) is 0 Å². The summed E-state index contributed by atoms with van der Waals surface area (Å²) >= 11 is 3.38. The Labute approximate surface area is 131 Å². The summed E-state index contributed by atoms with van der Waals surface area (Å²) < 4.78 is 6.52. The number of para-hydroxylation sites is 1. The van der Waals surface area contributed by atoms with Gasteiger partial charge >= 0.3 is 0 Å².